The summed E-state index contributed by atoms with van der Waals surface area (Å²) in [5.74, 6) is -0.0154. The van der Waals surface area contributed by atoms with Gasteiger partial charge in [-0.15, -0.1) is 0 Å². The van der Waals surface area contributed by atoms with Crippen LogP contribution < -0.4 is 9.92 Å². The number of nitrogen functional groups attached to an aromatic ring is 1. The molecule has 0 aliphatic heterocycles. The zero-order valence-electron chi connectivity index (χ0n) is 6.16. The fourth-order valence-electron chi connectivity index (χ4n) is 0.707. The van der Waals surface area contributed by atoms with Gasteiger partial charge in [-0.25, -0.2) is 0 Å². The zero-order valence-corrected chi connectivity index (χ0v) is 8.49. The third kappa shape index (κ3) is 2.73. The highest BCUT2D eigenvalue weighted by Crippen LogP contribution is 2.33. The number of halogens is 2. The van der Waals surface area contributed by atoms with Crippen LogP contribution in [-0.4, -0.2) is 8.76 Å². The van der Waals surface area contributed by atoms with Crippen molar-refractivity contribution in [3.05, 3.63) is 22.2 Å². The van der Waals surface area contributed by atoms with Gasteiger partial charge < -0.3 is 9.92 Å². The molecule has 0 radical (unpaired) electrons. The van der Waals surface area contributed by atoms with E-state index in [4.69, 9.17) is 33.5 Å². The van der Waals surface area contributed by atoms with Crippen LogP contribution in [0.15, 0.2) is 12.1 Å². The van der Waals surface area contributed by atoms with Crippen LogP contribution in [0.1, 0.15) is 0 Å². The maximum Gasteiger partial charge on any atom is 0.357 e. The summed E-state index contributed by atoms with van der Waals surface area (Å²) in [6.07, 6.45) is 0. The lowest BCUT2D eigenvalue weighted by molar-refractivity contribution is 0.459. The minimum Gasteiger partial charge on any atom is -0.394 e. The SMILES string of the molecule is Nc1c(Cl)cc(Cl)cc1OS(=O)O. The quantitative estimate of drug-likeness (QED) is 0.615. The summed E-state index contributed by atoms with van der Waals surface area (Å²) in [5.41, 5.74) is 5.52. The number of hydrogen-bond acceptors (Lipinski definition) is 3. The van der Waals surface area contributed by atoms with Gasteiger partial charge in [0.05, 0.1) is 10.7 Å². The highest BCUT2D eigenvalue weighted by Gasteiger charge is 2.09. The van der Waals surface area contributed by atoms with Crippen LogP contribution in [0.2, 0.25) is 10.0 Å². The van der Waals surface area contributed by atoms with Crippen molar-refractivity contribution in [2.45, 2.75) is 0 Å². The van der Waals surface area contributed by atoms with Gasteiger partial charge in [-0.05, 0) is 6.07 Å². The molecule has 0 aliphatic carbocycles. The molecule has 0 bridgehead atoms. The van der Waals surface area contributed by atoms with E-state index in [1.807, 2.05) is 0 Å². The highest BCUT2D eigenvalue weighted by molar-refractivity contribution is 7.74. The molecule has 1 rings (SSSR count). The van der Waals surface area contributed by atoms with Crippen LogP contribution in [0, 0.1) is 0 Å². The van der Waals surface area contributed by atoms with Crippen LogP contribution in [0.25, 0.3) is 0 Å². The van der Waals surface area contributed by atoms with E-state index in [9.17, 15) is 4.21 Å². The normalized spacial score (nSPS) is 12.5. The number of benzene rings is 1. The van der Waals surface area contributed by atoms with Crippen molar-refractivity contribution in [3.63, 3.8) is 0 Å². The topological polar surface area (TPSA) is 72.5 Å². The van der Waals surface area contributed by atoms with E-state index in [0.29, 0.717) is 0 Å². The lowest BCUT2D eigenvalue weighted by Gasteiger charge is -2.05. The Hall–Kier alpha value is -0.490. The van der Waals surface area contributed by atoms with Crippen LogP contribution in [0.5, 0.6) is 5.75 Å². The summed E-state index contributed by atoms with van der Waals surface area (Å²) >= 11 is 8.80. The summed E-state index contributed by atoms with van der Waals surface area (Å²) in [5, 5.41) is 0.451. The predicted octanol–water partition coefficient (Wildman–Crippen LogP) is 2.09. The smallest absolute Gasteiger partial charge is 0.357 e. The molecule has 0 aliphatic rings. The Balaban J connectivity index is 3.12. The molecule has 0 saturated carbocycles. The third-order valence-corrected chi connectivity index (χ3v) is 2.07. The van der Waals surface area contributed by atoms with Crippen molar-refractivity contribution < 1.29 is 12.9 Å². The van der Waals surface area contributed by atoms with Crippen molar-refractivity contribution >= 4 is 40.3 Å². The summed E-state index contributed by atoms with van der Waals surface area (Å²) in [4.78, 5) is 0. The number of anilines is 1. The summed E-state index contributed by atoms with van der Waals surface area (Å²) < 4.78 is 23.2. The monoisotopic (exact) mass is 241 g/mol. The second-order valence-electron chi connectivity index (χ2n) is 2.10. The van der Waals surface area contributed by atoms with E-state index in [2.05, 4.69) is 4.18 Å². The lowest BCUT2D eigenvalue weighted by atomic mass is 10.3. The molecule has 4 nitrogen and oxygen atoms in total. The van der Waals surface area contributed by atoms with E-state index < -0.39 is 11.4 Å². The maximum absolute atomic E-state index is 10.3. The standard InChI is InChI=1S/C6H5Cl2NO3S/c7-3-1-4(8)6(9)5(2-3)12-13(10)11/h1-2H,9H2,(H,10,11). The third-order valence-electron chi connectivity index (χ3n) is 1.22. The van der Waals surface area contributed by atoms with Crippen LogP contribution in [0.3, 0.4) is 0 Å². The van der Waals surface area contributed by atoms with Gasteiger partial charge in [-0.1, -0.05) is 23.2 Å². The average Bonchev–Trinajstić information content (AvgIpc) is 1.98. The van der Waals surface area contributed by atoms with E-state index in [-0.39, 0.29) is 21.5 Å². The summed E-state index contributed by atoms with van der Waals surface area (Å²) in [6, 6.07) is 2.71. The summed E-state index contributed by atoms with van der Waals surface area (Å²) in [7, 11) is 0. The Morgan fingerprint density at radius 3 is 2.62 bits per heavy atom. The van der Waals surface area contributed by atoms with Gasteiger partial charge in [0.15, 0.2) is 5.75 Å². The zero-order chi connectivity index (χ0) is 10.0. The molecule has 1 atom stereocenters. The molecular formula is C6H5Cl2NO3S. The second kappa shape index (κ2) is 4.15. The van der Waals surface area contributed by atoms with E-state index in [1.54, 1.807) is 0 Å². The van der Waals surface area contributed by atoms with Gasteiger partial charge in [0.1, 0.15) is 0 Å². The molecule has 3 N–H and O–H groups in total. The second-order valence-corrected chi connectivity index (χ2v) is 3.54. The Labute approximate surface area is 87.1 Å². The molecule has 7 heteroatoms. The first-order valence-corrected chi connectivity index (χ1v) is 4.83. The van der Waals surface area contributed by atoms with Crippen LogP contribution in [-0.2, 0) is 11.4 Å². The Bertz CT molecular complexity index is 358. The van der Waals surface area contributed by atoms with Crippen molar-refractivity contribution in [1.29, 1.82) is 0 Å². The predicted molar refractivity (Wildman–Crippen MR) is 52.3 cm³/mol. The lowest BCUT2D eigenvalue weighted by Crippen LogP contribution is -2.01. The molecule has 1 aromatic carbocycles. The minimum atomic E-state index is -2.44. The molecule has 1 aromatic rings. The molecule has 0 heterocycles. The van der Waals surface area contributed by atoms with E-state index in [1.165, 1.54) is 12.1 Å². The first-order chi connectivity index (χ1) is 6.00. The van der Waals surface area contributed by atoms with Gasteiger partial charge >= 0.3 is 11.4 Å². The van der Waals surface area contributed by atoms with Gasteiger partial charge in [-0.3, -0.25) is 4.55 Å². The van der Waals surface area contributed by atoms with Gasteiger partial charge in [0, 0.05) is 11.1 Å². The molecule has 0 aromatic heterocycles. The van der Waals surface area contributed by atoms with Gasteiger partial charge in [-0.2, -0.15) is 4.21 Å². The molecule has 0 fully saturated rings. The first kappa shape index (κ1) is 10.6. The maximum atomic E-state index is 10.3. The average molecular weight is 242 g/mol. The van der Waals surface area contributed by atoms with E-state index in [0.717, 1.165) is 0 Å². The van der Waals surface area contributed by atoms with Crippen molar-refractivity contribution in [3.8, 4) is 5.75 Å². The Kier molecular flexibility index (Phi) is 3.38. The highest BCUT2D eigenvalue weighted by atomic mass is 35.5. The largest absolute Gasteiger partial charge is 0.394 e. The fourth-order valence-corrected chi connectivity index (χ4v) is 1.47. The number of rotatable bonds is 2. The minimum absolute atomic E-state index is 0.0154. The molecule has 1 unspecified atom stereocenters. The number of hydrogen-bond donors (Lipinski definition) is 2. The number of nitrogens with two attached hydrogens (primary N) is 1. The van der Waals surface area contributed by atoms with Gasteiger partial charge in [0.2, 0.25) is 0 Å². The van der Waals surface area contributed by atoms with Crippen molar-refractivity contribution in [2.75, 3.05) is 5.73 Å². The Morgan fingerprint density at radius 1 is 1.46 bits per heavy atom. The molecule has 72 valence electrons. The molecule has 0 saturated heterocycles. The van der Waals surface area contributed by atoms with Crippen molar-refractivity contribution in [2.24, 2.45) is 0 Å². The van der Waals surface area contributed by atoms with E-state index >= 15 is 0 Å². The van der Waals surface area contributed by atoms with Crippen LogP contribution >= 0.6 is 23.2 Å². The first-order valence-electron chi connectivity index (χ1n) is 3.04. The molecular weight excluding hydrogens is 237 g/mol. The Morgan fingerprint density at radius 2 is 2.08 bits per heavy atom. The van der Waals surface area contributed by atoms with Crippen LogP contribution in [0.4, 0.5) is 5.69 Å². The molecule has 13 heavy (non-hydrogen) atoms. The van der Waals surface area contributed by atoms with Gasteiger partial charge in [0.25, 0.3) is 0 Å². The molecule has 0 spiro atoms. The molecule has 0 amide bonds. The van der Waals surface area contributed by atoms with Crippen molar-refractivity contribution in [1.82, 2.24) is 0 Å². The fraction of sp³-hybridized carbons (Fsp3) is 0. The summed E-state index contributed by atoms with van der Waals surface area (Å²) in [6.45, 7) is 0.